The number of piperidine rings is 1. The third-order valence-electron chi connectivity index (χ3n) is 4.50. The molecule has 0 aromatic heterocycles. The lowest BCUT2D eigenvalue weighted by Gasteiger charge is -2.36. The summed E-state index contributed by atoms with van der Waals surface area (Å²) in [6, 6.07) is 5.49. The molecule has 1 aromatic carbocycles. The summed E-state index contributed by atoms with van der Waals surface area (Å²) in [7, 11) is 0. The molecule has 0 bridgehead atoms. The Hall–Kier alpha value is -1.27. The molecule has 0 radical (unpaired) electrons. The van der Waals surface area contributed by atoms with Crippen LogP contribution in [0.5, 0.6) is 0 Å². The van der Waals surface area contributed by atoms with Crippen molar-refractivity contribution in [3.8, 4) is 0 Å². The molecule has 1 amide bonds. The van der Waals surface area contributed by atoms with Crippen molar-refractivity contribution in [1.29, 1.82) is 0 Å². The molecule has 7 heteroatoms. The minimum Gasteiger partial charge on any atom is -0.338 e. The van der Waals surface area contributed by atoms with E-state index in [4.69, 9.17) is 5.73 Å². The van der Waals surface area contributed by atoms with Crippen molar-refractivity contribution < 1.29 is 18.0 Å². The number of carbonyl (C=O) groups excluding carboxylic acids is 1. The summed E-state index contributed by atoms with van der Waals surface area (Å²) < 4.78 is 39.3. The van der Waals surface area contributed by atoms with Crippen LogP contribution in [0, 0.1) is 0 Å². The Balaban J connectivity index is 0.00000288. The van der Waals surface area contributed by atoms with Gasteiger partial charge in [0.15, 0.2) is 0 Å². The van der Waals surface area contributed by atoms with Crippen LogP contribution in [0.1, 0.15) is 49.7 Å². The first-order chi connectivity index (χ1) is 10.8. The van der Waals surface area contributed by atoms with Crippen molar-refractivity contribution in [3.63, 3.8) is 0 Å². The van der Waals surface area contributed by atoms with Crippen molar-refractivity contribution in [3.05, 3.63) is 35.4 Å². The minimum atomic E-state index is -4.40. The molecule has 3 nitrogen and oxygen atoms in total. The second-order valence-corrected chi connectivity index (χ2v) is 6.16. The number of benzene rings is 1. The van der Waals surface area contributed by atoms with E-state index >= 15 is 0 Å². The van der Waals surface area contributed by atoms with Gasteiger partial charge in [-0.1, -0.05) is 25.1 Å². The number of nitrogens with two attached hydrogens (primary N) is 1. The molecule has 136 valence electrons. The SMILES string of the molecule is CC(CC(=O)N1CCCCC1CN)c1ccccc1C(F)(F)F.Cl. The third kappa shape index (κ3) is 4.86. The van der Waals surface area contributed by atoms with Crippen LogP contribution in [0.15, 0.2) is 24.3 Å². The molecule has 0 spiro atoms. The van der Waals surface area contributed by atoms with Crippen LogP contribution in [0.25, 0.3) is 0 Å². The van der Waals surface area contributed by atoms with Gasteiger partial charge in [0.05, 0.1) is 5.56 Å². The summed E-state index contributed by atoms with van der Waals surface area (Å²) in [5.41, 5.74) is 5.23. The summed E-state index contributed by atoms with van der Waals surface area (Å²) >= 11 is 0. The predicted octanol–water partition coefficient (Wildman–Crippen LogP) is 3.96. The van der Waals surface area contributed by atoms with Gasteiger partial charge in [-0.25, -0.2) is 0 Å². The monoisotopic (exact) mass is 364 g/mol. The summed E-state index contributed by atoms with van der Waals surface area (Å²) in [6.07, 6.45) is -1.49. The van der Waals surface area contributed by atoms with Crippen molar-refractivity contribution >= 4 is 18.3 Å². The zero-order valence-electron chi connectivity index (χ0n) is 13.7. The fraction of sp³-hybridized carbons (Fsp3) is 0.588. The Morgan fingerprint density at radius 3 is 2.62 bits per heavy atom. The van der Waals surface area contributed by atoms with Crippen LogP contribution in [-0.2, 0) is 11.0 Å². The van der Waals surface area contributed by atoms with Crippen LogP contribution in [0.4, 0.5) is 13.2 Å². The second-order valence-electron chi connectivity index (χ2n) is 6.16. The first-order valence-corrected chi connectivity index (χ1v) is 8.00. The quantitative estimate of drug-likeness (QED) is 0.879. The fourth-order valence-corrected chi connectivity index (χ4v) is 3.25. The molecule has 2 unspecified atom stereocenters. The van der Waals surface area contributed by atoms with E-state index in [9.17, 15) is 18.0 Å². The number of amides is 1. The van der Waals surface area contributed by atoms with E-state index in [-0.39, 0.29) is 36.3 Å². The van der Waals surface area contributed by atoms with Gasteiger partial charge in [0.25, 0.3) is 0 Å². The van der Waals surface area contributed by atoms with Crippen molar-refractivity contribution in [2.45, 2.75) is 50.7 Å². The van der Waals surface area contributed by atoms with Gasteiger partial charge < -0.3 is 10.6 Å². The Kier molecular flexibility index (Phi) is 7.55. The van der Waals surface area contributed by atoms with Gasteiger partial charge in [-0.3, -0.25) is 4.79 Å². The van der Waals surface area contributed by atoms with Gasteiger partial charge in [0.1, 0.15) is 0 Å². The van der Waals surface area contributed by atoms with Crippen LogP contribution < -0.4 is 5.73 Å². The van der Waals surface area contributed by atoms with Gasteiger partial charge in [-0.05, 0) is 36.8 Å². The highest BCUT2D eigenvalue weighted by molar-refractivity contribution is 5.85. The molecule has 1 aliphatic heterocycles. The maximum Gasteiger partial charge on any atom is 0.416 e. The van der Waals surface area contributed by atoms with E-state index in [1.54, 1.807) is 17.9 Å². The van der Waals surface area contributed by atoms with Gasteiger partial charge in [-0.15, -0.1) is 12.4 Å². The molecule has 2 N–H and O–H groups in total. The number of alkyl halides is 3. The standard InChI is InChI=1S/C17H23F3N2O.ClH/c1-12(14-7-2-3-8-15(14)17(18,19)20)10-16(23)22-9-5-4-6-13(22)11-21;/h2-3,7-8,12-13H,4-6,9-11,21H2,1H3;1H. The van der Waals surface area contributed by atoms with Crippen LogP contribution in [-0.4, -0.2) is 29.9 Å². The lowest BCUT2D eigenvalue weighted by molar-refractivity contribution is -0.139. The number of nitrogens with zero attached hydrogens (tertiary/aromatic N) is 1. The van der Waals surface area contributed by atoms with E-state index in [2.05, 4.69) is 0 Å². The fourth-order valence-electron chi connectivity index (χ4n) is 3.25. The maximum atomic E-state index is 13.1. The number of likely N-dealkylation sites (tertiary alicyclic amines) is 1. The number of rotatable bonds is 4. The highest BCUT2D eigenvalue weighted by atomic mass is 35.5. The number of halogens is 4. The highest BCUT2D eigenvalue weighted by Crippen LogP contribution is 2.36. The molecule has 2 atom stereocenters. The van der Waals surface area contributed by atoms with E-state index < -0.39 is 17.7 Å². The Labute approximate surface area is 146 Å². The Bertz CT molecular complexity index is 551. The summed E-state index contributed by atoms with van der Waals surface area (Å²) in [5, 5.41) is 0. The Morgan fingerprint density at radius 1 is 1.33 bits per heavy atom. The van der Waals surface area contributed by atoms with Gasteiger partial charge in [0, 0.05) is 25.6 Å². The van der Waals surface area contributed by atoms with Gasteiger partial charge >= 0.3 is 6.18 Å². The topological polar surface area (TPSA) is 46.3 Å². The zero-order chi connectivity index (χ0) is 17.0. The Morgan fingerprint density at radius 2 is 2.00 bits per heavy atom. The molecular weight excluding hydrogens is 341 g/mol. The van der Waals surface area contributed by atoms with Crippen molar-refractivity contribution in [2.75, 3.05) is 13.1 Å². The normalized spacial score (nSPS) is 19.5. The van der Waals surface area contributed by atoms with E-state index in [0.717, 1.165) is 25.3 Å². The van der Waals surface area contributed by atoms with Crippen LogP contribution in [0.3, 0.4) is 0 Å². The summed E-state index contributed by atoms with van der Waals surface area (Å²) in [6.45, 7) is 2.72. The van der Waals surface area contributed by atoms with Crippen LogP contribution >= 0.6 is 12.4 Å². The van der Waals surface area contributed by atoms with Crippen molar-refractivity contribution in [1.82, 2.24) is 4.90 Å². The van der Waals surface area contributed by atoms with Crippen LogP contribution in [0.2, 0.25) is 0 Å². The average molecular weight is 365 g/mol. The molecule has 0 aliphatic carbocycles. The molecular formula is C17H24ClF3N2O. The molecule has 1 heterocycles. The molecule has 1 aliphatic rings. The van der Waals surface area contributed by atoms with Gasteiger partial charge in [0.2, 0.25) is 5.91 Å². The second kappa shape index (κ2) is 8.72. The smallest absolute Gasteiger partial charge is 0.338 e. The molecule has 0 saturated carbocycles. The number of hydrogen-bond donors (Lipinski definition) is 1. The first-order valence-electron chi connectivity index (χ1n) is 8.00. The average Bonchev–Trinajstić information content (AvgIpc) is 2.53. The molecule has 1 saturated heterocycles. The molecule has 24 heavy (non-hydrogen) atoms. The number of hydrogen-bond acceptors (Lipinski definition) is 2. The summed E-state index contributed by atoms with van der Waals surface area (Å²) in [4.78, 5) is 14.2. The van der Waals surface area contributed by atoms with E-state index in [1.807, 2.05) is 0 Å². The lowest BCUT2D eigenvalue weighted by Crippen LogP contribution is -2.47. The molecule has 1 fully saturated rings. The zero-order valence-corrected chi connectivity index (χ0v) is 14.5. The van der Waals surface area contributed by atoms with Crippen molar-refractivity contribution in [2.24, 2.45) is 5.73 Å². The summed E-state index contributed by atoms with van der Waals surface area (Å²) in [5.74, 6) is -0.592. The van der Waals surface area contributed by atoms with E-state index in [0.29, 0.717) is 13.1 Å². The molecule has 1 aromatic rings. The minimum absolute atomic E-state index is 0. The van der Waals surface area contributed by atoms with Gasteiger partial charge in [-0.2, -0.15) is 13.2 Å². The number of carbonyl (C=O) groups is 1. The largest absolute Gasteiger partial charge is 0.416 e. The third-order valence-corrected chi connectivity index (χ3v) is 4.50. The maximum absolute atomic E-state index is 13.1. The van der Waals surface area contributed by atoms with E-state index in [1.165, 1.54) is 12.1 Å². The highest BCUT2D eigenvalue weighted by Gasteiger charge is 2.35. The molecule has 2 rings (SSSR count). The lowest BCUT2D eigenvalue weighted by atomic mass is 9.91. The first kappa shape index (κ1) is 20.8. The predicted molar refractivity (Wildman–Crippen MR) is 90.1 cm³/mol.